The highest BCUT2D eigenvalue weighted by Gasteiger charge is 2.05. The average molecular weight is 283 g/mol. The molecule has 0 aliphatic heterocycles. The Morgan fingerprint density at radius 1 is 1.29 bits per heavy atom. The Labute approximate surface area is 122 Å². The van der Waals surface area contributed by atoms with Crippen molar-refractivity contribution in [3.05, 3.63) is 48.3 Å². The van der Waals surface area contributed by atoms with E-state index in [2.05, 4.69) is 37.3 Å². The Balaban J connectivity index is 1.79. The summed E-state index contributed by atoms with van der Waals surface area (Å²) >= 11 is 0. The van der Waals surface area contributed by atoms with Crippen LogP contribution in [0.1, 0.15) is 18.3 Å². The highest BCUT2D eigenvalue weighted by Crippen LogP contribution is 2.18. The Hall–Kier alpha value is -2.70. The summed E-state index contributed by atoms with van der Waals surface area (Å²) in [6, 6.07) is 6.12. The fraction of sp³-hybridized carbons (Fsp3) is 0.286. The van der Waals surface area contributed by atoms with E-state index >= 15 is 0 Å². The standard InChI is InChI=1S/C14H17N7/c1-3-20-7-6-15-14(20)9-16-12-5-4-11(2)13(8-12)21-10-17-18-19-21/h4-8,10,16H,3,9H2,1-2H3. The molecule has 0 saturated carbocycles. The zero-order chi connectivity index (χ0) is 14.7. The zero-order valence-electron chi connectivity index (χ0n) is 12.1. The van der Waals surface area contributed by atoms with Crippen molar-refractivity contribution in [2.45, 2.75) is 26.9 Å². The van der Waals surface area contributed by atoms with Crippen LogP contribution in [0.4, 0.5) is 5.69 Å². The van der Waals surface area contributed by atoms with E-state index < -0.39 is 0 Å². The Bertz CT molecular complexity index is 715. The highest BCUT2D eigenvalue weighted by molar-refractivity contribution is 5.54. The Morgan fingerprint density at radius 3 is 2.95 bits per heavy atom. The Kier molecular flexibility index (Phi) is 3.63. The van der Waals surface area contributed by atoms with Crippen LogP contribution in [0.3, 0.4) is 0 Å². The first-order valence-corrected chi connectivity index (χ1v) is 6.86. The fourth-order valence-corrected chi connectivity index (χ4v) is 2.21. The predicted molar refractivity (Wildman–Crippen MR) is 79.1 cm³/mol. The lowest BCUT2D eigenvalue weighted by atomic mass is 10.2. The van der Waals surface area contributed by atoms with Crippen molar-refractivity contribution < 1.29 is 0 Å². The smallest absolute Gasteiger partial charge is 0.143 e. The van der Waals surface area contributed by atoms with Crippen molar-refractivity contribution in [2.75, 3.05) is 5.32 Å². The first kappa shape index (κ1) is 13.3. The van der Waals surface area contributed by atoms with Gasteiger partial charge in [-0.15, -0.1) is 5.10 Å². The predicted octanol–water partition coefficient (Wildman–Crippen LogP) is 1.80. The first-order valence-electron chi connectivity index (χ1n) is 6.86. The number of hydrogen-bond donors (Lipinski definition) is 1. The van der Waals surface area contributed by atoms with E-state index in [0.717, 1.165) is 29.3 Å². The second-order valence-corrected chi connectivity index (χ2v) is 4.74. The van der Waals surface area contributed by atoms with Gasteiger partial charge in [0.15, 0.2) is 0 Å². The van der Waals surface area contributed by atoms with Crippen LogP contribution in [0.2, 0.25) is 0 Å². The quantitative estimate of drug-likeness (QED) is 0.773. The van der Waals surface area contributed by atoms with Gasteiger partial charge in [-0.2, -0.15) is 0 Å². The average Bonchev–Trinajstić information content (AvgIpc) is 3.17. The van der Waals surface area contributed by atoms with Crippen molar-refractivity contribution >= 4 is 5.69 Å². The van der Waals surface area contributed by atoms with Crippen molar-refractivity contribution in [1.29, 1.82) is 0 Å². The molecule has 0 unspecified atom stereocenters. The molecule has 0 bridgehead atoms. The summed E-state index contributed by atoms with van der Waals surface area (Å²) in [5.41, 5.74) is 3.09. The van der Waals surface area contributed by atoms with Crippen molar-refractivity contribution in [2.24, 2.45) is 0 Å². The third-order valence-corrected chi connectivity index (χ3v) is 3.40. The number of aromatic nitrogens is 6. The van der Waals surface area contributed by atoms with Gasteiger partial charge in [-0.05, 0) is 42.0 Å². The summed E-state index contributed by atoms with van der Waals surface area (Å²) in [4.78, 5) is 4.35. The van der Waals surface area contributed by atoms with Gasteiger partial charge in [0.1, 0.15) is 12.2 Å². The summed E-state index contributed by atoms with van der Waals surface area (Å²) < 4.78 is 3.77. The molecule has 0 spiro atoms. The maximum Gasteiger partial charge on any atom is 0.143 e. The minimum absolute atomic E-state index is 0.680. The minimum Gasteiger partial charge on any atom is -0.378 e. The zero-order valence-corrected chi connectivity index (χ0v) is 12.1. The molecule has 1 N–H and O–H groups in total. The van der Waals surface area contributed by atoms with Crippen LogP contribution in [0.25, 0.3) is 5.69 Å². The molecule has 7 heteroatoms. The lowest BCUT2D eigenvalue weighted by Crippen LogP contribution is -2.08. The van der Waals surface area contributed by atoms with Gasteiger partial charge in [-0.25, -0.2) is 9.67 Å². The van der Waals surface area contributed by atoms with E-state index in [1.807, 2.05) is 37.5 Å². The van der Waals surface area contributed by atoms with Gasteiger partial charge >= 0.3 is 0 Å². The molecule has 0 saturated heterocycles. The van der Waals surface area contributed by atoms with E-state index in [-0.39, 0.29) is 0 Å². The topological polar surface area (TPSA) is 73.5 Å². The van der Waals surface area contributed by atoms with E-state index in [9.17, 15) is 0 Å². The first-order chi connectivity index (χ1) is 10.3. The summed E-state index contributed by atoms with van der Waals surface area (Å²) in [5.74, 6) is 1.02. The number of aryl methyl sites for hydroxylation is 2. The number of imidazole rings is 1. The third-order valence-electron chi connectivity index (χ3n) is 3.40. The fourth-order valence-electron chi connectivity index (χ4n) is 2.21. The largest absolute Gasteiger partial charge is 0.378 e. The van der Waals surface area contributed by atoms with E-state index in [1.54, 1.807) is 11.0 Å². The molecule has 21 heavy (non-hydrogen) atoms. The monoisotopic (exact) mass is 283 g/mol. The van der Waals surface area contributed by atoms with E-state index in [0.29, 0.717) is 6.54 Å². The number of benzene rings is 1. The van der Waals surface area contributed by atoms with Gasteiger partial charge < -0.3 is 9.88 Å². The number of rotatable bonds is 5. The van der Waals surface area contributed by atoms with Gasteiger partial charge in [0.25, 0.3) is 0 Å². The van der Waals surface area contributed by atoms with Crippen molar-refractivity contribution in [3.8, 4) is 5.69 Å². The van der Waals surface area contributed by atoms with Crippen LogP contribution in [0, 0.1) is 6.92 Å². The van der Waals surface area contributed by atoms with Crippen LogP contribution in [0.5, 0.6) is 0 Å². The molecule has 2 aromatic heterocycles. The molecular weight excluding hydrogens is 266 g/mol. The molecule has 3 aromatic rings. The number of nitrogens with zero attached hydrogens (tertiary/aromatic N) is 6. The molecule has 0 atom stereocenters. The van der Waals surface area contributed by atoms with Crippen molar-refractivity contribution in [1.82, 2.24) is 29.8 Å². The number of anilines is 1. The van der Waals surface area contributed by atoms with Crippen molar-refractivity contribution in [3.63, 3.8) is 0 Å². The molecule has 0 fully saturated rings. The molecule has 1 aromatic carbocycles. The van der Waals surface area contributed by atoms with E-state index in [1.165, 1.54) is 0 Å². The molecule has 0 amide bonds. The summed E-state index contributed by atoms with van der Waals surface area (Å²) in [6.07, 6.45) is 5.40. The van der Waals surface area contributed by atoms with Crippen LogP contribution < -0.4 is 5.32 Å². The molecule has 0 aliphatic carbocycles. The lowest BCUT2D eigenvalue weighted by molar-refractivity contribution is 0.708. The molecule has 7 nitrogen and oxygen atoms in total. The maximum absolute atomic E-state index is 4.35. The summed E-state index contributed by atoms with van der Waals surface area (Å²) in [5, 5.41) is 14.7. The maximum atomic E-state index is 4.35. The van der Waals surface area contributed by atoms with Gasteiger partial charge in [0, 0.05) is 24.6 Å². The molecular formula is C14H17N7. The lowest BCUT2D eigenvalue weighted by Gasteiger charge is -2.11. The SMILES string of the molecule is CCn1ccnc1CNc1ccc(C)c(-n2cnnn2)c1. The minimum atomic E-state index is 0.680. The molecule has 0 aliphatic rings. The second kappa shape index (κ2) is 5.74. The Morgan fingerprint density at radius 2 is 2.19 bits per heavy atom. The normalized spacial score (nSPS) is 10.8. The van der Waals surface area contributed by atoms with E-state index in [4.69, 9.17) is 0 Å². The molecule has 2 heterocycles. The number of hydrogen-bond acceptors (Lipinski definition) is 5. The van der Waals surface area contributed by atoms with Gasteiger partial charge in [0.05, 0.1) is 12.2 Å². The molecule has 108 valence electrons. The second-order valence-electron chi connectivity index (χ2n) is 4.74. The summed E-state index contributed by atoms with van der Waals surface area (Å²) in [6.45, 7) is 5.73. The van der Waals surface area contributed by atoms with Crippen LogP contribution in [-0.4, -0.2) is 29.8 Å². The molecule has 0 radical (unpaired) electrons. The number of nitrogens with one attached hydrogen (secondary N) is 1. The summed E-state index contributed by atoms with van der Waals surface area (Å²) in [7, 11) is 0. The van der Waals surface area contributed by atoms with Gasteiger partial charge in [-0.1, -0.05) is 6.07 Å². The number of tetrazole rings is 1. The van der Waals surface area contributed by atoms with Crippen LogP contribution in [0.15, 0.2) is 36.9 Å². The van der Waals surface area contributed by atoms with Gasteiger partial charge in [0.2, 0.25) is 0 Å². The molecule has 3 rings (SSSR count). The van der Waals surface area contributed by atoms with Gasteiger partial charge in [-0.3, -0.25) is 0 Å². The van der Waals surface area contributed by atoms with Crippen LogP contribution in [-0.2, 0) is 13.1 Å². The van der Waals surface area contributed by atoms with Crippen LogP contribution >= 0.6 is 0 Å². The highest BCUT2D eigenvalue weighted by atomic mass is 15.5. The third kappa shape index (κ3) is 2.76.